The predicted octanol–water partition coefficient (Wildman–Crippen LogP) is 13.4. The van der Waals surface area contributed by atoms with Crippen LogP contribution in [0.15, 0.2) is 182 Å². The Morgan fingerprint density at radius 1 is 0.388 bits per heavy atom. The number of para-hydroxylation sites is 1. The van der Waals surface area contributed by atoms with E-state index in [1.54, 1.807) is 0 Å². The van der Waals surface area contributed by atoms with Gasteiger partial charge in [-0.15, -0.1) is 11.3 Å². The lowest BCUT2D eigenvalue weighted by atomic mass is 10.0. The quantitative estimate of drug-likeness (QED) is 0.181. The molecule has 2 heterocycles. The van der Waals surface area contributed by atoms with E-state index < -0.39 is 0 Å². The Morgan fingerprint density at radius 2 is 1.00 bits per heavy atom. The van der Waals surface area contributed by atoms with Gasteiger partial charge in [0.1, 0.15) is 0 Å². The van der Waals surface area contributed by atoms with Crippen molar-refractivity contribution < 1.29 is 0 Å². The van der Waals surface area contributed by atoms with Gasteiger partial charge in [0, 0.05) is 53.7 Å². The van der Waals surface area contributed by atoms with Crippen LogP contribution in [0.3, 0.4) is 0 Å². The Morgan fingerprint density at radius 3 is 1.82 bits per heavy atom. The molecule has 49 heavy (non-hydrogen) atoms. The fourth-order valence-electron chi connectivity index (χ4n) is 7.50. The largest absolute Gasteiger partial charge is 0.310 e. The molecule has 0 atom stereocenters. The number of hydrogen-bond acceptors (Lipinski definition) is 2. The van der Waals surface area contributed by atoms with Crippen LogP contribution in [-0.2, 0) is 0 Å². The highest BCUT2D eigenvalue weighted by atomic mass is 32.1. The highest BCUT2D eigenvalue weighted by molar-refractivity contribution is 7.25. The maximum absolute atomic E-state index is 2.41. The van der Waals surface area contributed by atoms with E-state index in [0.717, 1.165) is 22.7 Å². The van der Waals surface area contributed by atoms with Crippen molar-refractivity contribution in [2.24, 2.45) is 0 Å². The number of nitrogens with zero attached hydrogens (tertiary/aromatic N) is 2. The molecule has 10 rings (SSSR count). The van der Waals surface area contributed by atoms with E-state index in [1.807, 2.05) is 11.3 Å². The van der Waals surface area contributed by atoms with Crippen molar-refractivity contribution >= 4 is 81.1 Å². The van der Waals surface area contributed by atoms with Crippen molar-refractivity contribution in [1.82, 2.24) is 4.57 Å². The van der Waals surface area contributed by atoms with Crippen LogP contribution in [0.25, 0.3) is 69.6 Å². The first-order chi connectivity index (χ1) is 24.3. The van der Waals surface area contributed by atoms with Crippen LogP contribution in [0.1, 0.15) is 0 Å². The van der Waals surface area contributed by atoms with E-state index in [2.05, 4.69) is 191 Å². The fourth-order valence-corrected chi connectivity index (χ4v) is 8.59. The van der Waals surface area contributed by atoms with Gasteiger partial charge in [-0.2, -0.15) is 0 Å². The van der Waals surface area contributed by atoms with Crippen LogP contribution in [0.2, 0.25) is 0 Å². The molecule has 0 aliphatic heterocycles. The van der Waals surface area contributed by atoms with E-state index >= 15 is 0 Å². The number of thiophene rings is 1. The molecule has 0 aliphatic rings. The minimum absolute atomic E-state index is 1.11. The molecule has 10 aromatic rings. The summed E-state index contributed by atoms with van der Waals surface area (Å²) in [4.78, 5) is 2.38. The number of rotatable bonds is 5. The molecular formula is C46H30N2S. The summed E-state index contributed by atoms with van der Waals surface area (Å²) in [5.41, 5.74) is 9.37. The molecule has 3 heteroatoms. The third kappa shape index (κ3) is 4.55. The van der Waals surface area contributed by atoms with Gasteiger partial charge in [0.05, 0.1) is 11.0 Å². The number of benzene rings is 8. The molecule has 2 aromatic heterocycles. The first kappa shape index (κ1) is 27.9. The molecule has 0 aliphatic carbocycles. The van der Waals surface area contributed by atoms with E-state index in [-0.39, 0.29) is 0 Å². The third-order valence-corrected chi connectivity index (χ3v) is 10.9. The highest BCUT2D eigenvalue weighted by Gasteiger charge is 2.18. The number of hydrogen-bond donors (Lipinski definition) is 0. The Bertz CT molecular complexity index is 2810. The minimum atomic E-state index is 1.11. The second-order valence-electron chi connectivity index (χ2n) is 12.6. The summed E-state index contributed by atoms with van der Waals surface area (Å²) in [6.45, 7) is 0. The van der Waals surface area contributed by atoms with Gasteiger partial charge in [-0.25, -0.2) is 0 Å². The summed E-state index contributed by atoms with van der Waals surface area (Å²) in [6, 6.07) is 66.2. The summed E-state index contributed by atoms with van der Waals surface area (Å²) >= 11 is 1.85. The second-order valence-corrected chi connectivity index (χ2v) is 13.7. The number of anilines is 3. The Balaban J connectivity index is 1.13. The fraction of sp³-hybridized carbons (Fsp3) is 0. The van der Waals surface area contributed by atoms with Crippen LogP contribution < -0.4 is 4.90 Å². The van der Waals surface area contributed by atoms with Gasteiger partial charge in [0.15, 0.2) is 0 Å². The van der Waals surface area contributed by atoms with Crippen molar-refractivity contribution in [2.75, 3.05) is 4.90 Å². The summed E-state index contributed by atoms with van der Waals surface area (Å²) < 4.78 is 5.03. The molecular weight excluding hydrogens is 613 g/mol. The molecule has 230 valence electrons. The first-order valence-corrected chi connectivity index (χ1v) is 17.5. The molecule has 0 amide bonds. The molecule has 0 bridgehead atoms. The van der Waals surface area contributed by atoms with Crippen LogP contribution in [0, 0.1) is 0 Å². The Labute approximate surface area is 288 Å². The average molecular weight is 643 g/mol. The van der Waals surface area contributed by atoms with Crippen molar-refractivity contribution in [3.8, 4) is 16.8 Å². The molecule has 0 saturated carbocycles. The zero-order valence-electron chi connectivity index (χ0n) is 26.6. The average Bonchev–Trinajstić information content (AvgIpc) is 3.72. The van der Waals surface area contributed by atoms with Gasteiger partial charge in [-0.1, -0.05) is 109 Å². The van der Waals surface area contributed by atoms with Gasteiger partial charge >= 0.3 is 0 Å². The summed E-state index contributed by atoms with van der Waals surface area (Å²) in [7, 11) is 0. The molecule has 0 saturated heterocycles. The van der Waals surface area contributed by atoms with Gasteiger partial charge in [-0.05, 0) is 94.7 Å². The maximum atomic E-state index is 2.41. The second kappa shape index (κ2) is 11.2. The predicted molar refractivity (Wildman–Crippen MR) is 211 cm³/mol. The van der Waals surface area contributed by atoms with Crippen LogP contribution in [-0.4, -0.2) is 4.57 Å². The third-order valence-electron chi connectivity index (χ3n) is 9.78. The van der Waals surface area contributed by atoms with Crippen LogP contribution >= 0.6 is 11.3 Å². The molecule has 8 aromatic carbocycles. The first-order valence-electron chi connectivity index (χ1n) is 16.7. The minimum Gasteiger partial charge on any atom is -0.310 e. The SMILES string of the molecule is c1ccc(-c2ccc(N(c3ccc(-n4c5ccccc5c5c6ccccc6ccc54)cc3)c3ccc4sc5ccccc5c4c3)cc2)cc1. The standard InChI is InChI=1S/C46H30N2S/c1-2-10-31(11-3-1)32-18-21-34(22-19-32)47(37-27-29-45-41(30-37)39-14-7-9-17-44(39)49-45)35-23-25-36(26-24-35)48-42-16-8-6-15-40(42)46-38-13-5-4-12-33(38)20-28-43(46)48/h1-30H. The summed E-state index contributed by atoms with van der Waals surface area (Å²) in [6.07, 6.45) is 0. The van der Waals surface area contributed by atoms with Crippen LogP contribution in [0.4, 0.5) is 17.1 Å². The van der Waals surface area contributed by atoms with Crippen molar-refractivity contribution in [3.63, 3.8) is 0 Å². The lowest BCUT2D eigenvalue weighted by Crippen LogP contribution is -2.10. The molecule has 0 spiro atoms. The van der Waals surface area contributed by atoms with Crippen molar-refractivity contribution in [1.29, 1.82) is 0 Å². The Kier molecular flexibility index (Phi) is 6.39. The molecule has 0 fully saturated rings. The van der Waals surface area contributed by atoms with E-state index in [1.165, 1.54) is 63.9 Å². The molecule has 0 radical (unpaired) electrons. The van der Waals surface area contributed by atoms with E-state index in [0.29, 0.717) is 0 Å². The van der Waals surface area contributed by atoms with Crippen LogP contribution in [0.5, 0.6) is 0 Å². The molecule has 0 N–H and O–H groups in total. The van der Waals surface area contributed by atoms with Gasteiger partial charge in [0.25, 0.3) is 0 Å². The number of aromatic nitrogens is 1. The van der Waals surface area contributed by atoms with Gasteiger partial charge in [-0.3, -0.25) is 0 Å². The van der Waals surface area contributed by atoms with E-state index in [4.69, 9.17) is 0 Å². The molecule has 2 nitrogen and oxygen atoms in total. The Hall–Kier alpha value is -6.16. The van der Waals surface area contributed by atoms with Gasteiger partial charge < -0.3 is 9.47 Å². The van der Waals surface area contributed by atoms with Crippen molar-refractivity contribution in [2.45, 2.75) is 0 Å². The van der Waals surface area contributed by atoms with Gasteiger partial charge in [0.2, 0.25) is 0 Å². The topological polar surface area (TPSA) is 8.17 Å². The maximum Gasteiger partial charge on any atom is 0.0547 e. The zero-order valence-corrected chi connectivity index (χ0v) is 27.4. The highest BCUT2D eigenvalue weighted by Crippen LogP contribution is 2.42. The zero-order chi connectivity index (χ0) is 32.3. The molecule has 0 unspecified atom stereocenters. The van der Waals surface area contributed by atoms with E-state index in [9.17, 15) is 0 Å². The monoisotopic (exact) mass is 642 g/mol. The lowest BCUT2D eigenvalue weighted by Gasteiger charge is -2.26. The number of fused-ring (bicyclic) bond motifs is 8. The smallest absolute Gasteiger partial charge is 0.0547 e. The summed E-state index contributed by atoms with van der Waals surface area (Å²) in [5, 5.41) is 7.71. The lowest BCUT2D eigenvalue weighted by molar-refractivity contribution is 1.17. The van der Waals surface area contributed by atoms with Crippen molar-refractivity contribution in [3.05, 3.63) is 182 Å². The summed E-state index contributed by atoms with van der Waals surface area (Å²) in [5.74, 6) is 0. The normalized spacial score (nSPS) is 11.7.